The number of anilines is 1. The summed E-state index contributed by atoms with van der Waals surface area (Å²) in [5.41, 5.74) is 0.974. The molecule has 0 aromatic carbocycles. The van der Waals surface area contributed by atoms with E-state index in [2.05, 4.69) is 10.6 Å². The predicted molar refractivity (Wildman–Crippen MR) is 98.0 cm³/mol. The molecule has 1 saturated carbocycles. The highest BCUT2D eigenvalue weighted by Crippen LogP contribution is 2.46. The lowest BCUT2D eigenvalue weighted by Gasteiger charge is -2.17. The van der Waals surface area contributed by atoms with Gasteiger partial charge in [-0.25, -0.2) is 4.79 Å². The van der Waals surface area contributed by atoms with Crippen LogP contribution in [0.3, 0.4) is 0 Å². The van der Waals surface area contributed by atoms with Gasteiger partial charge in [-0.2, -0.15) is 0 Å². The van der Waals surface area contributed by atoms with Gasteiger partial charge in [-0.1, -0.05) is 20.8 Å². The first-order valence-corrected chi connectivity index (χ1v) is 9.48. The van der Waals surface area contributed by atoms with Gasteiger partial charge in [0.1, 0.15) is 5.00 Å². The standard InChI is InChI=1S/C18H26N2O4S/c1-5-24-16(22)14-12(11-6-7-11)10-25-15(14)20-13(21)8-9-19-17(23)18(2,3)4/h10-11H,5-9H2,1-4H3,(H,19,23)(H,20,21). The van der Waals surface area contributed by atoms with Gasteiger partial charge in [0, 0.05) is 18.4 Å². The fraction of sp³-hybridized carbons (Fsp3) is 0.611. The Bertz CT molecular complexity index is 657. The summed E-state index contributed by atoms with van der Waals surface area (Å²) >= 11 is 1.35. The number of ether oxygens (including phenoxy) is 1. The molecule has 1 aromatic rings. The molecule has 7 heteroatoms. The molecule has 1 heterocycles. The topological polar surface area (TPSA) is 84.5 Å². The third kappa shape index (κ3) is 5.29. The van der Waals surface area contributed by atoms with Crippen molar-refractivity contribution in [3.8, 4) is 0 Å². The molecular formula is C18H26N2O4S. The van der Waals surface area contributed by atoms with Crippen LogP contribution in [0.1, 0.15) is 68.8 Å². The molecule has 0 unspecified atom stereocenters. The zero-order chi connectivity index (χ0) is 18.6. The van der Waals surface area contributed by atoms with Crippen LogP contribution in [0, 0.1) is 5.41 Å². The summed E-state index contributed by atoms with van der Waals surface area (Å²) in [6.45, 7) is 7.77. The number of carbonyl (C=O) groups is 3. The molecule has 0 atom stereocenters. The zero-order valence-electron chi connectivity index (χ0n) is 15.2. The summed E-state index contributed by atoms with van der Waals surface area (Å²) in [4.78, 5) is 36.2. The fourth-order valence-electron chi connectivity index (χ4n) is 2.32. The van der Waals surface area contributed by atoms with Crippen LogP contribution in [0.15, 0.2) is 5.38 Å². The van der Waals surface area contributed by atoms with E-state index in [4.69, 9.17) is 4.74 Å². The van der Waals surface area contributed by atoms with Gasteiger partial charge in [-0.15, -0.1) is 11.3 Å². The fourth-order valence-corrected chi connectivity index (χ4v) is 3.36. The summed E-state index contributed by atoms with van der Waals surface area (Å²) < 4.78 is 5.14. The molecule has 0 aliphatic heterocycles. The lowest BCUT2D eigenvalue weighted by molar-refractivity contribution is -0.128. The van der Waals surface area contributed by atoms with E-state index in [1.165, 1.54) is 11.3 Å². The van der Waals surface area contributed by atoms with Gasteiger partial charge in [0.2, 0.25) is 11.8 Å². The number of hydrogen-bond acceptors (Lipinski definition) is 5. The van der Waals surface area contributed by atoms with Crippen molar-refractivity contribution >= 4 is 34.1 Å². The van der Waals surface area contributed by atoms with Crippen molar-refractivity contribution in [2.45, 2.75) is 52.9 Å². The second-order valence-corrected chi connectivity index (χ2v) is 8.07. The molecular weight excluding hydrogens is 340 g/mol. The highest BCUT2D eigenvalue weighted by atomic mass is 32.1. The van der Waals surface area contributed by atoms with E-state index < -0.39 is 5.41 Å². The Labute approximate surface area is 152 Å². The molecule has 2 rings (SSSR count). The smallest absolute Gasteiger partial charge is 0.341 e. The predicted octanol–water partition coefficient (Wildman–Crippen LogP) is 3.29. The van der Waals surface area contributed by atoms with E-state index in [-0.39, 0.29) is 30.7 Å². The second kappa shape index (κ2) is 7.99. The Morgan fingerprint density at radius 1 is 1.28 bits per heavy atom. The maximum atomic E-state index is 12.3. The van der Waals surface area contributed by atoms with Gasteiger partial charge >= 0.3 is 5.97 Å². The Hall–Kier alpha value is -1.89. The van der Waals surface area contributed by atoms with Gasteiger partial charge in [0.25, 0.3) is 0 Å². The highest BCUT2D eigenvalue weighted by Gasteiger charge is 2.32. The van der Waals surface area contributed by atoms with Gasteiger partial charge in [0.15, 0.2) is 0 Å². The summed E-state index contributed by atoms with van der Waals surface area (Å²) in [6, 6.07) is 0. The quantitative estimate of drug-likeness (QED) is 0.725. The monoisotopic (exact) mass is 366 g/mol. The van der Waals surface area contributed by atoms with Crippen LogP contribution in [0.5, 0.6) is 0 Å². The van der Waals surface area contributed by atoms with E-state index in [1.54, 1.807) is 6.92 Å². The lowest BCUT2D eigenvalue weighted by Crippen LogP contribution is -2.36. The van der Waals surface area contributed by atoms with Gasteiger partial charge in [-0.3, -0.25) is 9.59 Å². The highest BCUT2D eigenvalue weighted by molar-refractivity contribution is 7.15. The van der Waals surface area contributed by atoms with Crippen LogP contribution >= 0.6 is 11.3 Å². The minimum absolute atomic E-state index is 0.0975. The maximum Gasteiger partial charge on any atom is 0.341 e. The van der Waals surface area contributed by atoms with E-state index in [0.29, 0.717) is 23.1 Å². The van der Waals surface area contributed by atoms with E-state index >= 15 is 0 Å². The minimum Gasteiger partial charge on any atom is -0.462 e. The normalized spacial score (nSPS) is 14.1. The van der Waals surface area contributed by atoms with Gasteiger partial charge in [-0.05, 0) is 36.6 Å². The largest absolute Gasteiger partial charge is 0.462 e. The first-order chi connectivity index (χ1) is 11.7. The average Bonchev–Trinajstić information content (AvgIpc) is 3.27. The minimum atomic E-state index is -0.486. The van der Waals surface area contributed by atoms with Crippen molar-refractivity contribution in [2.75, 3.05) is 18.5 Å². The summed E-state index contributed by atoms with van der Waals surface area (Å²) in [6.07, 6.45) is 2.28. The Morgan fingerprint density at radius 3 is 2.52 bits per heavy atom. The first-order valence-electron chi connectivity index (χ1n) is 8.60. The number of hydrogen-bond donors (Lipinski definition) is 2. The molecule has 1 aliphatic rings. The summed E-state index contributed by atoms with van der Waals surface area (Å²) in [5, 5.41) is 8.00. The van der Waals surface area contributed by atoms with Crippen molar-refractivity contribution in [1.82, 2.24) is 5.32 Å². The number of thiophene rings is 1. The molecule has 2 amide bonds. The number of esters is 1. The number of rotatable bonds is 7. The van der Waals surface area contributed by atoms with Crippen LogP contribution in [0.25, 0.3) is 0 Å². The number of nitrogens with one attached hydrogen (secondary N) is 2. The van der Waals surface area contributed by atoms with Crippen LogP contribution in [0.4, 0.5) is 5.00 Å². The number of carbonyl (C=O) groups excluding carboxylic acids is 3. The Morgan fingerprint density at radius 2 is 1.96 bits per heavy atom. The molecule has 25 heavy (non-hydrogen) atoms. The van der Waals surface area contributed by atoms with Crippen LogP contribution in [-0.4, -0.2) is 30.9 Å². The van der Waals surface area contributed by atoms with Crippen LogP contribution in [-0.2, 0) is 14.3 Å². The first kappa shape index (κ1) is 19.4. The Kier molecular flexibility index (Phi) is 6.21. The molecule has 0 saturated heterocycles. The third-order valence-corrected chi connectivity index (χ3v) is 4.80. The van der Waals surface area contributed by atoms with Gasteiger partial charge in [0.05, 0.1) is 12.2 Å². The average molecular weight is 366 g/mol. The number of amides is 2. The summed E-state index contributed by atoms with van der Waals surface area (Å²) in [7, 11) is 0. The van der Waals surface area contributed by atoms with Crippen LogP contribution < -0.4 is 10.6 Å². The van der Waals surface area contributed by atoms with Crippen molar-refractivity contribution in [3.05, 3.63) is 16.5 Å². The molecule has 0 spiro atoms. The molecule has 1 aliphatic carbocycles. The van der Waals surface area contributed by atoms with Crippen molar-refractivity contribution in [3.63, 3.8) is 0 Å². The molecule has 2 N–H and O–H groups in total. The van der Waals surface area contributed by atoms with Crippen molar-refractivity contribution < 1.29 is 19.1 Å². The van der Waals surface area contributed by atoms with E-state index in [0.717, 1.165) is 18.4 Å². The van der Waals surface area contributed by atoms with Crippen molar-refractivity contribution in [2.24, 2.45) is 5.41 Å². The Balaban J connectivity index is 1.96. The third-order valence-electron chi connectivity index (χ3n) is 3.89. The molecule has 138 valence electrons. The molecule has 0 radical (unpaired) electrons. The van der Waals surface area contributed by atoms with E-state index in [9.17, 15) is 14.4 Å². The summed E-state index contributed by atoms with van der Waals surface area (Å²) in [5.74, 6) is -0.321. The van der Waals surface area contributed by atoms with Crippen molar-refractivity contribution in [1.29, 1.82) is 0 Å². The van der Waals surface area contributed by atoms with Crippen LogP contribution in [0.2, 0.25) is 0 Å². The second-order valence-electron chi connectivity index (χ2n) is 7.19. The molecule has 1 fully saturated rings. The maximum absolute atomic E-state index is 12.3. The molecule has 6 nitrogen and oxygen atoms in total. The van der Waals surface area contributed by atoms with Gasteiger partial charge < -0.3 is 15.4 Å². The van der Waals surface area contributed by atoms with E-state index in [1.807, 2.05) is 26.2 Å². The molecule has 1 aromatic heterocycles. The molecule has 0 bridgehead atoms. The SMILES string of the molecule is CCOC(=O)c1c(C2CC2)csc1NC(=O)CCNC(=O)C(C)(C)C. The zero-order valence-corrected chi connectivity index (χ0v) is 16.0. The lowest BCUT2D eigenvalue weighted by atomic mass is 9.96.